The molecule has 156 valence electrons. The minimum atomic E-state index is -0.417. The molecule has 2 heterocycles. The van der Waals surface area contributed by atoms with E-state index < -0.39 is 5.97 Å². The van der Waals surface area contributed by atoms with Crippen LogP contribution in [0.5, 0.6) is 0 Å². The molecule has 3 N–H and O–H groups in total. The number of benzene rings is 1. The summed E-state index contributed by atoms with van der Waals surface area (Å²) in [6, 6.07) is 8.69. The number of H-pyrrole nitrogens is 1. The zero-order chi connectivity index (χ0) is 21.0. The summed E-state index contributed by atoms with van der Waals surface area (Å²) in [5, 5.41) is 0. The van der Waals surface area contributed by atoms with Gasteiger partial charge in [-0.25, -0.2) is 4.79 Å². The quantitative estimate of drug-likeness (QED) is 0.463. The number of quaternary nitrogens is 2. The molecule has 0 unspecified atom stereocenters. The van der Waals surface area contributed by atoms with E-state index in [-0.39, 0.29) is 5.78 Å². The molecule has 1 aromatic carbocycles. The van der Waals surface area contributed by atoms with Crippen LogP contribution >= 0.6 is 0 Å². The number of ether oxygens (including phenoxy) is 1. The molecule has 0 saturated carbocycles. The van der Waals surface area contributed by atoms with E-state index in [1.54, 1.807) is 11.8 Å². The Morgan fingerprint density at radius 2 is 1.66 bits per heavy atom. The van der Waals surface area contributed by atoms with Gasteiger partial charge < -0.3 is 19.5 Å². The van der Waals surface area contributed by atoms with E-state index in [0.717, 1.165) is 38.4 Å². The van der Waals surface area contributed by atoms with Gasteiger partial charge in [0.1, 0.15) is 39.3 Å². The molecule has 1 saturated heterocycles. The third kappa shape index (κ3) is 5.14. The van der Waals surface area contributed by atoms with E-state index in [1.807, 2.05) is 13.8 Å². The van der Waals surface area contributed by atoms with Gasteiger partial charge in [0.25, 0.3) is 0 Å². The van der Waals surface area contributed by atoms with Crippen molar-refractivity contribution in [3.05, 3.63) is 57.9 Å². The number of ketones is 1. The van der Waals surface area contributed by atoms with Crippen molar-refractivity contribution in [3.8, 4) is 0 Å². The Balaban J connectivity index is 1.59. The topological polar surface area (TPSA) is 68.0 Å². The Morgan fingerprint density at radius 1 is 1.00 bits per heavy atom. The van der Waals surface area contributed by atoms with Gasteiger partial charge in [-0.15, -0.1) is 0 Å². The standard InChI is InChI=1S/C23H31N3O3/c1-5-29-23(28)22-18(4)24-17(3)21(22)20(27)15-26-11-9-25(10-12-26)14-19-8-6-7-16(2)13-19/h6-8,13,24H,5,9-12,14-15H2,1-4H3/p+2. The molecule has 6 nitrogen and oxygen atoms in total. The average molecular weight is 400 g/mol. The SMILES string of the molecule is CCOC(=O)c1c(C)[nH]c(C)c1C(=O)C[NH+]1CC[NH+](Cc2cccc(C)c2)CC1. The molecule has 0 aliphatic carbocycles. The molecule has 2 aromatic rings. The van der Waals surface area contributed by atoms with Gasteiger partial charge in [-0.3, -0.25) is 4.79 Å². The van der Waals surface area contributed by atoms with Gasteiger partial charge in [-0.1, -0.05) is 29.8 Å². The molecule has 1 aliphatic rings. The second-order valence-electron chi connectivity index (χ2n) is 8.11. The van der Waals surface area contributed by atoms with Crippen LogP contribution in [-0.4, -0.2) is 56.1 Å². The maximum absolute atomic E-state index is 13.0. The molecule has 0 radical (unpaired) electrons. The van der Waals surface area contributed by atoms with Gasteiger partial charge in [0, 0.05) is 17.0 Å². The second-order valence-corrected chi connectivity index (χ2v) is 8.11. The van der Waals surface area contributed by atoms with Gasteiger partial charge in [0.2, 0.25) is 5.78 Å². The molecule has 6 heteroatoms. The number of hydrogen-bond donors (Lipinski definition) is 3. The Morgan fingerprint density at radius 3 is 2.31 bits per heavy atom. The summed E-state index contributed by atoms with van der Waals surface area (Å²) in [4.78, 5) is 31.4. The Kier molecular flexibility index (Phi) is 6.87. The molecule has 0 atom stereocenters. The number of aromatic amines is 1. The van der Waals surface area contributed by atoms with Gasteiger partial charge in [0.15, 0.2) is 0 Å². The van der Waals surface area contributed by atoms with Crippen molar-refractivity contribution in [2.45, 2.75) is 34.2 Å². The highest BCUT2D eigenvalue weighted by molar-refractivity contribution is 6.08. The van der Waals surface area contributed by atoms with Crippen LogP contribution < -0.4 is 9.80 Å². The molecule has 1 fully saturated rings. The van der Waals surface area contributed by atoms with Crippen molar-refractivity contribution in [3.63, 3.8) is 0 Å². The molecule has 1 aromatic heterocycles. The number of piperazine rings is 1. The summed E-state index contributed by atoms with van der Waals surface area (Å²) >= 11 is 0. The lowest BCUT2D eigenvalue weighted by Crippen LogP contribution is -3.27. The lowest BCUT2D eigenvalue weighted by Gasteiger charge is -2.29. The third-order valence-electron chi connectivity index (χ3n) is 5.74. The van der Waals surface area contributed by atoms with Crippen molar-refractivity contribution in [2.75, 3.05) is 39.3 Å². The second kappa shape index (κ2) is 9.37. The summed E-state index contributed by atoms with van der Waals surface area (Å²) in [5.74, 6) is -0.396. The molecule has 3 rings (SSSR count). The highest BCUT2D eigenvalue weighted by atomic mass is 16.5. The van der Waals surface area contributed by atoms with E-state index in [4.69, 9.17) is 4.74 Å². The minimum Gasteiger partial charge on any atom is -0.462 e. The Hall–Kier alpha value is -2.44. The number of hydrogen-bond acceptors (Lipinski definition) is 3. The van der Waals surface area contributed by atoms with Crippen molar-refractivity contribution >= 4 is 11.8 Å². The molecule has 29 heavy (non-hydrogen) atoms. The smallest absolute Gasteiger partial charge is 0.340 e. The zero-order valence-corrected chi connectivity index (χ0v) is 18.0. The van der Waals surface area contributed by atoms with Gasteiger partial charge in [-0.2, -0.15) is 0 Å². The number of nitrogens with one attached hydrogen (secondary N) is 3. The first-order valence-corrected chi connectivity index (χ1v) is 10.5. The molecular weight excluding hydrogens is 366 g/mol. The molecule has 1 aliphatic heterocycles. The maximum Gasteiger partial charge on any atom is 0.340 e. The molecule has 0 amide bonds. The van der Waals surface area contributed by atoms with Crippen LogP contribution in [-0.2, 0) is 11.3 Å². The van der Waals surface area contributed by atoms with E-state index in [2.05, 4.69) is 36.2 Å². The van der Waals surface area contributed by atoms with E-state index in [1.165, 1.54) is 16.0 Å². The number of esters is 1. The Labute approximate surface area is 172 Å². The lowest BCUT2D eigenvalue weighted by molar-refractivity contribution is -1.01. The first-order valence-electron chi connectivity index (χ1n) is 10.5. The van der Waals surface area contributed by atoms with Crippen LogP contribution in [0.3, 0.4) is 0 Å². The summed E-state index contributed by atoms with van der Waals surface area (Å²) in [6.45, 7) is 13.3. The normalized spacial score (nSPS) is 19.2. The number of Topliss-reactive ketones (excluding diaryl/α,β-unsaturated/α-hetero) is 1. The van der Waals surface area contributed by atoms with Crippen molar-refractivity contribution in [1.82, 2.24) is 4.98 Å². The molecule has 0 bridgehead atoms. The first kappa shape index (κ1) is 21.3. The monoisotopic (exact) mass is 399 g/mol. The first-order chi connectivity index (χ1) is 13.9. The van der Waals surface area contributed by atoms with E-state index in [9.17, 15) is 9.59 Å². The fourth-order valence-corrected chi connectivity index (χ4v) is 4.33. The van der Waals surface area contributed by atoms with Crippen molar-refractivity contribution in [2.24, 2.45) is 0 Å². The largest absolute Gasteiger partial charge is 0.462 e. The minimum absolute atomic E-state index is 0.0204. The van der Waals surface area contributed by atoms with Gasteiger partial charge in [-0.05, 0) is 27.7 Å². The maximum atomic E-state index is 13.0. The number of carbonyl (C=O) groups is 2. The van der Waals surface area contributed by atoms with Crippen LogP contribution in [0.1, 0.15) is 50.2 Å². The fourth-order valence-electron chi connectivity index (χ4n) is 4.33. The predicted octanol–water partition coefficient (Wildman–Crippen LogP) is 0.283. The number of aromatic nitrogens is 1. The summed E-state index contributed by atoms with van der Waals surface area (Å²) in [6.07, 6.45) is 0. The number of carbonyl (C=O) groups excluding carboxylic acids is 2. The third-order valence-corrected chi connectivity index (χ3v) is 5.74. The van der Waals surface area contributed by atoms with E-state index in [0.29, 0.717) is 30.0 Å². The van der Waals surface area contributed by atoms with Gasteiger partial charge >= 0.3 is 5.97 Å². The van der Waals surface area contributed by atoms with Crippen molar-refractivity contribution in [1.29, 1.82) is 0 Å². The summed E-state index contributed by atoms with van der Waals surface area (Å²) < 4.78 is 5.16. The zero-order valence-electron chi connectivity index (χ0n) is 18.0. The van der Waals surface area contributed by atoms with Gasteiger partial charge in [0.05, 0.1) is 17.7 Å². The number of aryl methyl sites for hydroxylation is 3. The summed E-state index contributed by atoms with van der Waals surface area (Å²) in [7, 11) is 0. The highest BCUT2D eigenvalue weighted by Gasteiger charge is 2.30. The van der Waals surface area contributed by atoms with Crippen LogP contribution in [0.25, 0.3) is 0 Å². The van der Waals surface area contributed by atoms with Crippen molar-refractivity contribution < 1.29 is 24.1 Å². The average Bonchev–Trinajstić information content (AvgIpc) is 2.97. The summed E-state index contributed by atoms with van der Waals surface area (Å²) in [5.41, 5.74) is 5.02. The Bertz CT molecular complexity index is 879. The van der Waals surface area contributed by atoms with Crippen LogP contribution in [0, 0.1) is 20.8 Å². The van der Waals surface area contributed by atoms with Crippen LogP contribution in [0.15, 0.2) is 24.3 Å². The number of rotatable bonds is 7. The molecule has 0 spiro atoms. The lowest BCUT2D eigenvalue weighted by atomic mass is 10.0. The predicted molar refractivity (Wildman–Crippen MR) is 112 cm³/mol. The molecular formula is C23H33N3O3+2. The van der Waals surface area contributed by atoms with Crippen LogP contribution in [0.4, 0.5) is 0 Å². The van der Waals surface area contributed by atoms with Crippen LogP contribution in [0.2, 0.25) is 0 Å². The highest BCUT2D eigenvalue weighted by Crippen LogP contribution is 2.19. The van der Waals surface area contributed by atoms with E-state index >= 15 is 0 Å². The fraction of sp³-hybridized carbons (Fsp3) is 0.478.